The zero-order valence-corrected chi connectivity index (χ0v) is 19.3. The van der Waals surface area contributed by atoms with Crippen LogP contribution in [-0.2, 0) is 9.53 Å². The number of esters is 1. The lowest BCUT2D eigenvalue weighted by molar-refractivity contribution is -0.121. The van der Waals surface area contributed by atoms with E-state index in [1.54, 1.807) is 61.7 Å². The number of carbonyl (C=O) groups is 2. The number of amidine groups is 1. The van der Waals surface area contributed by atoms with Crippen molar-refractivity contribution in [1.82, 2.24) is 4.90 Å². The lowest BCUT2D eigenvalue weighted by Crippen LogP contribution is -2.23. The van der Waals surface area contributed by atoms with E-state index in [-0.39, 0.29) is 5.91 Å². The van der Waals surface area contributed by atoms with Gasteiger partial charge >= 0.3 is 5.97 Å². The van der Waals surface area contributed by atoms with E-state index in [9.17, 15) is 9.59 Å². The fraction of sp³-hybridized carbons (Fsp3) is 0.0870. The lowest BCUT2D eigenvalue weighted by atomic mass is 10.2. The number of halogens is 2. The summed E-state index contributed by atoms with van der Waals surface area (Å²) in [5.74, 6) is 0.434. The van der Waals surface area contributed by atoms with Crippen molar-refractivity contribution in [2.24, 2.45) is 4.99 Å². The van der Waals surface area contributed by atoms with Gasteiger partial charge in [0.25, 0.3) is 5.91 Å². The quantitative estimate of drug-likeness (QED) is 0.320. The first-order chi connectivity index (χ1) is 15.4. The maximum Gasteiger partial charge on any atom is 0.337 e. The van der Waals surface area contributed by atoms with E-state index < -0.39 is 5.97 Å². The number of hydrogen-bond donors (Lipinski definition) is 0. The van der Waals surface area contributed by atoms with E-state index in [0.717, 1.165) is 0 Å². The van der Waals surface area contributed by atoms with Crippen molar-refractivity contribution in [3.63, 3.8) is 0 Å². The molecule has 0 spiro atoms. The zero-order chi connectivity index (χ0) is 22.8. The number of carbonyl (C=O) groups excluding carboxylic acids is 2. The van der Waals surface area contributed by atoms with Crippen LogP contribution in [0.5, 0.6) is 0 Å². The normalized spacial score (nSPS) is 16.2. The number of hydrogen-bond acceptors (Lipinski definition) is 6. The Morgan fingerprint density at radius 3 is 2.59 bits per heavy atom. The minimum atomic E-state index is -0.422. The van der Waals surface area contributed by atoms with Crippen LogP contribution in [0.4, 0.5) is 5.69 Å². The summed E-state index contributed by atoms with van der Waals surface area (Å²) in [5.41, 5.74) is 1.70. The molecule has 2 heterocycles. The molecule has 4 rings (SSSR count). The van der Waals surface area contributed by atoms with Gasteiger partial charge in [-0.15, -0.1) is 0 Å². The third-order valence-corrected chi connectivity index (χ3v) is 6.51. The molecule has 0 aliphatic carbocycles. The Balaban J connectivity index is 1.56. The van der Waals surface area contributed by atoms with E-state index in [4.69, 9.17) is 32.4 Å². The van der Waals surface area contributed by atoms with Gasteiger partial charge in [0, 0.05) is 18.7 Å². The lowest BCUT2D eigenvalue weighted by Gasteiger charge is -2.07. The topological polar surface area (TPSA) is 72.1 Å². The minimum absolute atomic E-state index is 0.196. The first-order valence-electron chi connectivity index (χ1n) is 9.36. The van der Waals surface area contributed by atoms with Gasteiger partial charge in [0.05, 0.1) is 33.3 Å². The number of benzene rings is 2. The fourth-order valence-electron chi connectivity index (χ4n) is 2.95. The van der Waals surface area contributed by atoms with Crippen LogP contribution in [0.1, 0.15) is 16.1 Å². The molecule has 1 aromatic heterocycles. The highest BCUT2D eigenvalue weighted by atomic mass is 35.5. The van der Waals surface area contributed by atoms with Crippen molar-refractivity contribution in [3.8, 4) is 11.3 Å². The van der Waals surface area contributed by atoms with Crippen molar-refractivity contribution in [1.29, 1.82) is 0 Å². The molecule has 1 saturated heterocycles. The molecular formula is C23H16Cl2N2O4S. The molecule has 3 aromatic rings. The predicted molar refractivity (Wildman–Crippen MR) is 127 cm³/mol. The molecule has 0 atom stereocenters. The van der Waals surface area contributed by atoms with Crippen LogP contribution in [0.2, 0.25) is 10.0 Å². The molecule has 0 bridgehead atoms. The number of thioether (sulfide) groups is 1. The highest BCUT2D eigenvalue weighted by Gasteiger charge is 2.30. The molecule has 1 amide bonds. The summed E-state index contributed by atoms with van der Waals surface area (Å²) >= 11 is 13.6. The van der Waals surface area contributed by atoms with E-state index in [2.05, 4.69) is 4.99 Å². The predicted octanol–water partition coefficient (Wildman–Crippen LogP) is 6.27. The van der Waals surface area contributed by atoms with Gasteiger partial charge in [-0.25, -0.2) is 9.79 Å². The van der Waals surface area contributed by atoms with Crippen molar-refractivity contribution in [2.75, 3.05) is 14.2 Å². The third kappa shape index (κ3) is 4.46. The Morgan fingerprint density at radius 1 is 1.12 bits per heavy atom. The smallest absolute Gasteiger partial charge is 0.337 e. The molecule has 0 radical (unpaired) electrons. The monoisotopic (exact) mass is 486 g/mol. The number of aliphatic imine (C=N–C) groups is 1. The number of amides is 1. The molecule has 0 saturated carbocycles. The van der Waals surface area contributed by atoms with Crippen molar-refractivity contribution >= 4 is 63.8 Å². The molecule has 32 heavy (non-hydrogen) atoms. The van der Waals surface area contributed by atoms with Crippen molar-refractivity contribution in [3.05, 3.63) is 80.9 Å². The van der Waals surface area contributed by atoms with Crippen molar-refractivity contribution in [2.45, 2.75) is 0 Å². The first kappa shape index (κ1) is 22.2. The van der Waals surface area contributed by atoms with Gasteiger partial charge in [-0.1, -0.05) is 29.3 Å². The van der Waals surface area contributed by atoms with Gasteiger partial charge in [-0.05, 0) is 60.3 Å². The maximum atomic E-state index is 12.7. The highest BCUT2D eigenvalue weighted by molar-refractivity contribution is 8.18. The van der Waals surface area contributed by atoms with Gasteiger partial charge < -0.3 is 9.15 Å². The van der Waals surface area contributed by atoms with Gasteiger partial charge in [0.2, 0.25) is 0 Å². The molecule has 2 aromatic carbocycles. The number of furan rings is 1. The van der Waals surface area contributed by atoms with E-state index in [1.807, 2.05) is 6.07 Å². The number of likely N-dealkylation sites (N-methyl/N-ethyl adjacent to an activating group) is 1. The molecule has 0 unspecified atom stereocenters. The minimum Gasteiger partial charge on any atom is -0.465 e. The van der Waals surface area contributed by atoms with Crippen LogP contribution >= 0.6 is 35.0 Å². The maximum absolute atomic E-state index is 12.7. The SMILES string of the molecule is COC(=O)c1ccc(N=C2SC(=Cc3ccc(-c4cccc(Cl)c4Cl)o3)C(=O)N2C)cc1. The Morgan fingerprint density at radius 2 is 1.88 bits per heavy atom. The second-order valence-electron chi connectivity index (χ2n) is 6.71. The largest absolute Gasteiger partial charge is 0.465 e. The number of ether oxygens (including phenoxy) is 1. The molecule has 9 heteroatoms. The van der Waals surface area contributed by atoms with Crippen LogP contribution in [0.15, 0.2) is 68.9 Å². The molecule has 162 valence electrons. The van der Waals surface area contributed by atoms with Crippen LogP contribution in [0, 0.1) is 0 Å². The summed E-state index contributed by atoms with van der Waals surface area (Å²) in [6.07, 6.45) is 1.66. The average molecular weight is 487 g/mol. The van der Waals surface area contributed by atoms with Crippen molar-refractivity contribution < 1.29 is 18.7 Å². The van der Waals surface area contributed by atoms with Crippen LogP contribution in [0.3, 0.4) is 0 Å². The van der Waals surface area contributed by atoms with E-state index in [0.29, 0.717) is 48.5 Å². The molecule has 1 aliphatic rings. The van der Waals surface area contributed by atoms with Gasteiger partial charge in [0.1, 0.15) is 11.5 Å². The molecule has 0 N–H and O–H groups in total. The molecular weight excluding hydrogens is 471 g/mol. The Labute approximate surface area is 198 Å². The van der Waals surface area contributed by atoms with Crippen LogP contribution in [-0.4, -0.2) is 36.1 Å². The second kappa shape index (κ2) is 9.24. The third-order valence-electron chi connectivity index (χ3n) is 4.63. The fourth-order valence-corrected chi connectivity index (χ4v) is 4.31. The van der Waals surface area contributed by atoms with Crippen LogP contribution in [0.25, 0.3) is 17.4 Å². The Hall–Kier alpha value is -3.00. The second-order valence-corrected chi connectivity index (χ2v) is 8.51. The zero-order valence-electron chi connectivity index (χ0n) is 17.0. The summed E-state index contributed by atoms with van der Waals surface area (Å²) in [4.78, 5) is 30.7. The Kier molecular flexibility index (Phi) is 6.41. The summed E-state index contributed by atoms with van der Waals surface area (Å²) < 4.78 is 10.6. The van der Waals surface area contributed by atoms with Gasteiger partial charge in [-0.2, -0.15) is 0 Å². The standard InChI is InChI=1S/C23H16Cl2N2O4S/c1-27-21(28)19(32-23(27)26-14-8-6-13(7-9-14)22(29)30-2)12-15-10-11-18(31-15)16-4-3-5-17(24)20(16)25/h3-12H,1-2H3. The molecule has 6 nitrogen and oxygen atoms in total. The molecule has 1 aliphatic heterocycles. The van der Waals surface area contributed by atoms with Crippen LogP contribution < -0.4 is 0 Å². The van der Waals surface area contributed by atoms with E-state index >= 15 is 0 Å². The first-order valence-corrected chi connectivity index (χ1v) is 10.9. The van der Waals surface area contributed by atoms with Gasteiger partial charge in [-0.3, -0.25) is 9.69 Å². The summed E-state index contributed by atoms with van der Waals surface area (Å²) in [6.45, 7) is 0. The Bertz CT molecular complexity index is 1270. The summed E-state index contributed by atoms with van der Waals surface area (Å²) in [7, 11) is 2.97. The summed E-state index contributed by atoms with van der Waals surface area (Å²) in [6, 6.07) is 15.4. The number of methoxy groups -OCH3 is 1. The number of rotatable bonds is 4. The number of nitrogens with zero attached hydrogens (tertiary/aromatic N) is 2. The van der Waals surface area contributed by atoms with E-state index in [1.165, 1.54) is 23.8 Å². The highest BCUT2D eigenvalue weighted by Crippen LogP contribution is 2.37. The molecule has 1 fully saturated rings. The summed E-state index contributed by atoms with van der Waals surface area (Å²) in [5, 5.41) is 1.35. The van der Waals surface area contributed by atoms with Gasteiger partial charge in [0.15, 0.2) is 5.17 Å². The average Bonchev–Trinajstić information content (AvgIpc) is 3.36.